The van der Waals surface area contributed by atoms with Gasteiger partial charge >= 0.3 is 0 Å². The van der Waals surface area contributed by atoms with Crippen molar-refractivity contribution in [1.82, 2.24) is 0 Å². The average molecular weight is 393 g/mol. The van der Waals surface area contributed by atoms with Gasteiger partial charge in [-0.15, -0.1) is 0 Å². The molecule has 0 unspecified atom stereocenters. The summed E-state index contributed by atoms with van der Waals surface area (Å²) >= 11 is 5.83. The summed E-state index contributed by atoms with van der Waals surface area (Å²) in [6.07, 6.45) is 2.22. The second kappa shape index (κ2) is 8.48. The van der Waals surface area contributed by atoms with Crippen LogP contribution in [0, 0.1) is 23.5 Å². The van der Waals surface area contributed by atoms with Gasteiger partial charge in [0.05, 0.1) is 5.69 Å². The Balaban J connectivity index is 1.51. The van der Waals surface area contributed by atoms with Crippen molar-refractivity contribution < 1.29 is 18.4 Å². The monoisotopic (exact) mass is 392 g/mol. The highest BCUT2D eigenvalue weighted by molar-refractivity contribution is 6.30. The number of nitrogens with one attached hydrogen (secondary N) is 2. The van der Waals surface area contributed by atoms with Gasteiger partial charge in [-0.25, -0.2) is 8.78 Å². The Morgan fingerprint density at radius 2 is 1.41 bits per heavy atom. The summed E-state index contributed by atoms with van der Waals surface area (Å²) < 4.78 is 26.6. The van der Waals surface area contributed by atoms with Gasteiger partial charge in [-0.3, -0.25) is 9.59 Å². The lowest BCUT2D eigenvalue weighted by molar-refractivity contribution is -0.125. The van der Waals surface area contributed by atoms with Crippen LogP contribution in [-0.2, 0) is 9.59 Å². The summed E-state index contributed by atoms with van der Waals surface area (Å²) in [6.45, 7) is 0. The first-order valence-electron chi connectivity index (χ1n) is 8.74. The van der Waals surface area contributed by atoms with Crippen molar-refractivity contribution >= 4 is 34.8 Å². The molecule has 1 aliphatic rings. The summed E-state index contributed by atoms with van der Waals surface area (Å²) in [5.41, 5.74) is 0.639. The minimum atomic E-state index is -0.806. The predicted molar refractivity (Wildman–Crippen MR) is 101 cm³/mol. The number of anilines is 2. The molecular formula is C20H19ClF2N2O2. The topological polar surface area (TPSA) is 58.2 Å². The minimum absolute atomic E-state index is 0.0380. The second-order valence-corrected chi connectivity index (χ2v) is 7.09. The molecule has 0 bridgehead atoms. The molecule has 0 heterocycles. The lowest BCUT2D eigenvalue weighted by Gasteiger charge is -2.27. The molecule has 2 aromatic carbocycles. The highest BCUT2D eigenvalue weighted by atomic mass is 35.5. The zero-order valence-corrected chi connectivity index (χ0v) is 15.2. The smallest absolute Gasteiger partial charge is 0.227 e. The maximum Gasteiger partial charge on any atom is 0.227 e. The lowest BCUT2D eigenvalue weighted by atomic mass is 9.81. The first kappa shape index (κ1) is 19.3. The van der Waals surface area contributed by atoms with Gasteiger partial charge in [-0.2, -0.15) is 0 Å². The van der Waals surface area contributed by atoms with Gasteiger partial charge in [0, 0.05) is 28.6 Å². The molecule has 1 aliphatic carbocycles. The zero-order valence-electron chi connectivity index (χ0n) is 14.5. The molecule has 142 valence electrons. The largest absolute Gasteiger partial charge is 0.326 e. The van der Waals surface area contributed by atoms with E-state index in [0.717, 1.165) is 12.1 Å². The molecule has 27 heavy (non-hydrogen) atoms. The number of rotatable bonds is 4. The number of carbonyl (C=O) groups is 2. The second-order valence-electron chi connectivity index (χ2n) is 6.66. The highest BCUT2D eigenvalue weighted by Crippen LogP contribution is 2.31. The van der Waals surface area contributed by atoms with Crippen molar-refractivity contribution in [2.24, 2.45) is 11.8 Å². The van der Waals surface area contributed by atoms with Crippen LogP contribution in [0.2, 0.25) is 5.02 Å². The minimum Gasteiger partial charge on any atom is -0.326 e. The molecule has 1 saturated carbocycles. The molecule has 0 spiro atoms. The average Bonchev–Trinajstić information content (AvgIpc) is 2.66. The van der Waals surface area contributed by atoms with Crippen LogP contribution in [0.25, 0.3) is 0 Å². The van der Waals surface area contributed by atoms with Crippen molar-refractivity contribution in [2.75, 3.05) is 10.6 Å². The van der Waals surface area contributed by atoms with E-state index >= 15 is 0 Å². The first-order valence-corrected chi connectivity index (χ1v) is 9.12. The van der Waals surface area contributed by atoms with Crippen LogP contribution in [0.4, 0.5) is 20.2 Å². The first-order chi connectivity index (χ1) is 12.9. The Hall–Kier alpha value is -2.47. The van der Waals surface area contributed by atoms with E-state index in [1.165, 1.54) is 6.07 Å². The fourth-order valence-corrected chi connectivity index (χ4v) is 3.35. The van der Waals surface area contributed by atoms with Crippen molar-refractivity contribution in [3.63, 3.8) is 0 Å². The Bertz CT molecular complexity index is 834. The maximum absolute atomic E-state index is 13.7. The molecule has 0 aliphatic heterocycles. The number of halogens is 3. The summed E-state index contributed by atoms with van der Waals surface area (Å²) in [7, 11) is 0. The van der Waals surface area contributed by atoms with Gasteiger partial charge in [0.25, 0.3) is 0 Å². The van der Waals surface area contributed by atoms with Gasteiger partial charge in [-0.05, 0) is 62.1 Å². The third-order valence-corrected chi connectivity index (χ3v) is 5.02. The maximum atomic E-state index is 13.7. The SMILES string of the molecule is O=C(Nc1ccc(Cl)cc1)C1CCC(C(=O)Nc2ccc(F)cc2F)CC1. The number of carbonyl (C=O) groups excluding carboxylic acids is 2. The standard InChI is InChI=1S/C20H19ClF2N2O2/c21-14-5-8-16(9-6-14)24-19(26)12-1-3-13(4-2-12)20(27)25-18-10-7-15(22)11-17(18)23/h5-13H,1-4H2,(H,24,26)(H,25,27). The fraction of sp³-hybridized carbons (Fsp3) is 0.300. The summed E-state index contributed by atoms with van der Waals surface area (Å²) in [6, 6.07) is 9.89. The van der Waals surface area contributed by atoms with Gasteiger partial charge in [0.1, 0.15) is 11.6 Å². The quantitative estimate of drug-likeness (QED) is 0.769. The van der Waals surface area contributed by atoms with E-state index in [9.17, 15) is 18.4 Å². The van der Waals surface area contributed by atoms with E-state index in [0.29, 0.717) is 36.4 Å². The number of amides is 2. The Morgan fingerprint density at radius 1 is 0.852 bits per heavy atom. The molecule has 4 nitrogen and oxygen atoms in total. The van der Waals surface area contributed by atoms with E-state index in [4.69, 9.17) is 11.6 Å². The molecule has 0 atom stereocenters. The van der Waals surface area contributed by atoms with E-state index in [-0.39, 0.29) is 29.3 Å². The normalized spacial score (nSPS) is 19.4. The van der Waals surface area contributed by atoms with Crippen LogP contribution < -0.4 is 10.6 Å². The number of hydrogen-bond acceptors (Lipinski definition) is 2. The van der Waals surface area contributed by atoms with E-state index in [1.807, 2.05) is 0 Å². The van der Waals surface area contributed by atoms with Gasteiger partial charge in [0.15, 0.2) is 0 Å². The van der Waals surface area contributed by atoms with Crippen LogP contribution in [0.5, 0.6) is 0 Å². The molecule has 1 fully saturated rings. The van der Waals surface area contributed by atoms with Crippen LogP contribution in [0.3, 0.4) is 0 Å². The van der Waals surface area contributed by atoms with Crippen molar-refractivity contribution in [1.29, 1.82) is 0 Å². The molecule has 2 amide bonds. The molecule has 2 N–H and O–H groups in total. The van der Waals surface area contributed by atoms with Gasteiger partial charge < -0.3 is 10.6 Å². The molecule has 0 radical (unpaired) electrons. The fourth-order valence-electron chi connectivity index (χ4n) is 3.22. The van der Waals surface area contributed by atoms with E-state index < -0.39 is 11.6 Å². The number of benzene rings is 2. The molecular weight excluding hydrogens is 374 g/mol. The van der Waals surface area contributed by atoms with E-state index in [2.05, 4.69) is 10.6 Å². The Morgan fingerprint density at radius 3 is 1.96 bits per heavy atom. The molecule has 7 heteroatoms. The van der Waals surface area contributed by atoms with Crippen LogP contribution >= 0.6 is 11.6 Å². The summed E-state index contributed by atoms with van der Waals surface area (Å²) in [4.78, 5) is 24.7. The van der Waals surface area contributed by atoms with Crippen molar-refractivity contribution in [3.05, 3.63) is 59.1 Å². The summed E-state index contributed by atoms with van der Waals surface area (Å²) in [5.74, 6) is -2.36. The molecule has 3 rings (SSSR count). The number of hydrogen-bond donors (Lipinski definition) is 2. The molecule has 0 saturated heterocycles. The van der Waals surface area contributed by atoms with Gasteiger partial charge in [0.2, 0.25) is 11.8 Å². The van der Waals surface area contributed by atoms with Crippen LogP contribution in [0.15, 0.2) is 42.5 Å². The Labute approximate surface area is 160 Å². The van der Waals surface area contributed by atoms with E-state index in [1.54, 1.807) is 24.3 Å². The third kappa shape index (κ3) is 5.04. The molecule has 0 aromatic heterocycles. The Kier molecular flexibility index (Phi) is 6.06. The van der Waals surface area contributed by atoms with Gasteiger partial charge in [-0.1, -0.05) is 11.6 Å². The predicted octanol–water partition coefficient (Wildman–Crippen LogP) is 5.00. The lowest BCUT2D eigenvalue weighted by Crippen LogP contribution is -2.32. The van der Waals surface area contributed by atoms with Crippen molar-refractivity contribution in [3.8, 4) is 0 Å². The molecule has 2 aromatic rings. The van der Waals surface area contributed by atoms with Crippen molar-refractivity contribution in [2.45, 2.75) is 25.7 Å². The van der Waals surface area contributed by atoms with Crippen LogP contribution in [0.1, 0.15) is 25.7 Å². The summed E-state index contributed by atoms with van der Waals surface area (Å²) in [5, 5.41) is 5.95. The third-order valence-electron chi connectivity index (χ3n) is 4.77. The highest BCUT2D eigenvalue weighted by Gasteiger charge is 2.30. The van der Waals surface area contributed by atoms with Crippen LogP contribution in [-0.4, -0.2) is 11.8 Å². The zero-order chi connectivity index (χ0) is 19.4.